The minimum absolute atomic E-state index is 0.307. The van der Waals surface area contributed by atoms with Crippen molar-refractivity contribution in [3.63, 3.8) is 0 Å². The normalized spacial score (nSPS) is 13.9. The maximum Gasteiger partial charge on any atom is 0.272 e. The van der Waals surface area contributed by atoms with E-state index in [-0.39, 0.29) is 11.8 Å². The molecule has 1 heterocycles. The number of ether oxygens (including phenoxy) is 1. The summed E-state index contributed by atoms with van der Waals surface area (Å²) in [7, 11) is 0. The van der Waals surface area contributed by atoms with E-state index in [0.717, 1.165) is 21.6 Å². The first-order chi connectivity index (χ1) is 15.8. The van der Waals surface area contributed by atoms with Gasteiger partial charge in [0.25, 0.3) is 11.8 Å². The molecule has 0 saturated heterocycles. The molecule has 168 valence electrons. The van der Waals surface area contributed by atoms with Gasteiger partial charge in [0.2, 0.25) is 0 Å². The number of rotatable bonds is 7. The highest BCUT2D eigenvalue weighted by atomic mass is 32.2. The molecule has 0 radical (unpaired) electrons. The number of carbonyl (C=O) groups excluding carboxylic acids is 2. The number of nitrogens with zero attached hydrogens (tertiary/aromatic N) is 1. The lowest BCUT2D eigenvalue weighted by Gasteiger charge is -2.16. The molecule has 4 rings (SSSR count). The Morgan fingerprint density at radius 3 is 2.18 bits per heavy atom. The maximum atomic E-state index is 13.6. The number of amides is 2. The molecule has 1 aliphatic rings. The number of hydrogen-bond donors (Lipinski definition) is 0. The molecule has 0 bridgehead atoms. The molecule has 33 heavy (non-hydrogen) atoms. The summed E-state index contributed by atoms with van der Waals surface area (Å²) < 4.78 is 5.75. The first-order valence-corrected chi connectivity index (χ1v) is 11.8. The van der Waals surface area contributed by atoms with Crippen LogP contribution < -0.4 is 9.64 Å². The van der Waals surface area contributed by atoms with E-state index in [1.165, 1.54) is 16.7 Å². The first-order valence-electron chi connectivity index (χ1n) is 11.0. The monoisotopic (exact) mass is 457 g/mol. The fraction of sp³-hybridized carbons (Fsp3) is 0.214. The molecule has 0 spiro atoms. The van der Waals surface area contributed by atoms with Crippen molar-refractivity contribution in [2.24, 2.45) is 5.92 Å². The standard InChI is InChI=1S/C28H27NO3S/c1-18(2)17-32-23-14-12-22(13-15-23)29-27(30)25(21-11-10-19(3)20(4)16-21)26(28(29)31)33-24-8-6-5-7-9-24/h5-16,18H,17H2,1-4H3. The summed E-state index contributed by atoms with van der Waals surface area (Å²) >= 11 is 1.33. The van der Waals surface area contributed by atoms with Gasteiger partial charge in [0, 0.05) is 4.90 Å². The van der Waals surface area contributed by atoms with Crippen molar-refractivity contribution in [2.75, 3.05) is 11.5 Å². The van der Waals surface area contributed by atoms with Crippen LogP contribution in [-0.4, -0.2) is 18.4 Å². The third kappa shape index (κ3) is 4.88. The SMILES string of the molecule is Cc1ccc(C2=C(Sc3ccccc3)C(=O)N(c3ccc(OCC(C)C)cc3)C2=O)cc1C. The van der Waals surface area contributed by atoms with Crippen LogP contribution in [0.3, 0.4) is 0 Å². The second kappa shape index (κ2) is 9.67. The predicted molar refractivity (Wildman–Crippen MR) is 134 cm³/mol. The van der Waals surface area contributed by atoms with Crippen LogP contribution in [0.1, 0.15) is 30.5 Å². The number of aryl methyl sites for hydroxylation is 2. The molecule has 3 aromatic rings. The molecule has 0 atom stereocenters. The maximum absolute atomic E-state index is 13.6. The van der Waals surface area contributed by atoms with Crippen molar-refractivity contribution in [2.45, 2.75) is 32.6 Å². The van der Waals surface area contributed by atoms with Gasteiger partial charge in [0.15, 0.2) is 0 Å². The van der Waals surface area contributed by atoms with Gasteiger partial charge < -0.3 is 4.74 Å². The van der Waals surface area contributed by atoms with Gasteiger partial charge in [-0.3, -0.25) is 9.59 Å². The Morgan fingerprint density at radius 1 is 0.848 bits per heavy atom. The van der Waals surface area contributed by atoms with Crippen LogP contribution in [-0.2, 0) is 9.59 Å². The molecule has 3 aromatic carbocycles. The molecular weight excluding hydrogens is 430 g/mol. The highest BCUT2D eigenvalue weighted by molar-refractivity contribution is 8.04. The minimum atomic E-state index is -0.308. The molecule has 0 N–H and O–H groups in total. The molecule has 0 unspecified atom stereocenters. The average Bonchev–Trinajstić information content (AvgIpc) is 3.04. The quantitative estimate of drug-likeness (QED) is 0.384. The van der Waals surface area contributed by atoms with Gasteiger partial charge in [-0.15, -0.1) is 0 Å². The largest absolute Gasteiger partial charge is 0.493 e. The molecule has 4 nitrogen and oxygen atoms in total. The lowest BCUT2D eigenvalue weighted by Crippen LogP contribution is -2.31. The molecular formula is C28H27NO3S. The summed E-state index contributed by atoms with van der Waals surface area (Å²) in [5.74, 6) is 0.511. The van der Waals surface area contributed by atoms with Crippen LogP contribution in [0.25, 0.3) is 5.57 Å². The molecule has 1 aliphatic heterocycles. The summed E-state index contributed by atoms with van der Waals surface area (Å²) in [5.41, 5.74) is 3.95. The Kier molecular flexibility index (Phi) is 6.70. The van der Waals surface area contributed by atoms with Crippen LogP contribution in [0.5, 0.6) is 5.75 Å². The summed E-state index contributed by atoms with van der Waals surface area (Å²) in [6.07, 6.45) is 0. The Labute approximate surface area is 199 Å². The van der Waals surface area contributed by atoms with Crippen molar-refractivity contribution in [3.05, 3.63) is 94.4 Å². The molecule has 2 amide bonds. The van der Waals surface area contributed by atoms with Crippen LogP contribution in [0.15, 0.2) is 82.6 Å². The number of thioether (sulfide) groups is 1. The van der Waals surface area contributed by atoms with E-state index in [0.29, 0.717) is 34.4 Å². The van der Waals surface area contributed by atoms with Gasteiger partial charge in [-0.1, -0.05) is 62.0 Å². The summed E-state index contributed by atoms with van der Waals surface area (Å²) in [6.45, 7) is 8.82. The fourth-order valence-corrected chi connectivity index (χ4v) is 4.57. The Balaban J connectivity index is 1.72. The van der Waals surface area contributed by atoms with Crippen LogP contribution in [0.2, 0.25) is 0 Å². The van der Waals surface area contributed by atoms with Crippen LogP contribution >= 0.6 is 11.8 Å². The zero-order valence-electron chi connectivity index (χ0n) is 19.3. The number of benzene rings is 3. The van der Waals surface area contributed by atoms with E-state index in [4.69, 9.17) is 4.74 Å². The second-order valence-electron chi connectivity index (χ2n) is 8.56. The van der Waals surface area contributed by atoms with Crippen LogP contribution in [0.4, 0.5) is 5.69 Å². The Hall–Kier alpha value is -3.31. The van der Waals surface area contributed by atoms with E-state index in [9.17, 15) is 9.59 Å². The number of imide groups is 1. The molecule has 0 aromatic heterocycles. The summed E-state index contributed by atoms with van der Waals surface area (Å²) in [6, 6.07) is 22.7. The van der Waals surface area contributed by atoms with Gasteiger partial charge in [-0.05, 0) is 72.9 Å². The molecule has 0 aliphatic carbocycles. The molecule has 0 saturated carbocycles. The Morgan fingerprint density at radius 2 is 1.55 bits per heavy atom. The lowest BCUT2D eigenvalue weighted by molar-refractivity contribution is -0.119. The van der Waals surface area contributed by atoms with E-state index < -0.39 is 0 Å². The van der Waals surface area contributed by atoms with Crippen molar-refractivity contribution in [1.82, 2.24) is 0 Å². The second-order valence-corrected chi connectivity index (χ2v) is 9.65. The number of anilines is 1. The van der Waals surface area contributed by atoms with Crippen LogP contribution in [0, 0.1) is 19.8 Å². The van der Waals surface area contributed by atoms with Crippen molar-refractivity contribution < 1.29 is 14.3 Å². The van der Waals surface area contributed by atoms with Crippen molar-refractivity contribution in [3.8, 4) is 5.75 Å². The number of hydrogen-bond acceptors (Lipinski definition) is 4. The van der Waals surface area contributed by atoms with Gasteiger partial charge in [-0.25, -0.2) is 4.90 Å². The van der Waals surface area contributed by atoms with E-state index >= 15 is 0 Å². The summed E-state index contributed by atoms with van der Waals surface area (Å²) in [4.78, 5) is 29.8. The van der Waals surface area contributed by atoms with Gasteiger partial charge >= 0.3 is 0 Å². The van der Waals surface area contributed by atoms with Crippen molar-refractivity contribution >= 4 is 34.8 Å². The summed E-state index contributed by atoms with van der Waals surface area (Å²) in [5, 5.41) is 0. The van der Waals surface area contributed by atoms with Gasteiger partial charge in [0.1, 0.15) is 5.75 Å². The third-order valence-corrected chi connectivity index (χ3v) is 6.57. The zero-order valence-corrected chi connectivity index (χ0v) is 20.1. The Bertz CT molecular complexity index is 1210. The topological polar surface area (TPSA) is 46.6 Å². The van der Waals surface area contributed by atoms with E-state index in [1.54, 1.807) is 24.3 Å². The zero-order chi connectivity index (χ0) is 23.5. The third-order valence-electron chi connectivity index (χ3n) is 5.48. The van der Waals surface area contributed by atoms with E-state index in [2.05, 4.69) is 13.8 Å². The first kappa shape index (κ1) is 22.9. The fourth-order valence-electron chi connectivity index (χ4n) is 3.55. The highest BCUT2D eigenvalue weighted by Gasteiger charge is 2.40. The predicted octanol–water partition coefficient (Wildman–Crippen LogP) is 6.42. The van der Waals surface area contributed by atoms with E-state index in [1.807, 2.05) is 62.4 Å². The van der Waals surface area contributed by atoms with Gasteiger partial charge in [-0.2, -0.15) is 0 Å². The molecule has 5 heteroatoms. The smallest absolute Gasteiger partial charge is 0.272 e. The average molecular weight is 458 g/mol. The molecule has 0 fully saturated rings. The van der Waals surface area contributed by atoms with Gasteiger partial charge in [0.05, 0.1) is 22.8 Å². The highest BCUT2D eigenvalue weighted by Crippen LogP contribution is 2.41. The van der Waals surface area contributed by atoms with Crippen molar-refractivity contribution in [1.29, 1.82) is 0 Å². The number of carbonyl (C=O) groups is 2. The lowest BCUT2D eigenvalue weighted by atomic mass is 10.0. The minimum Gasteiger partial charge on any atom is -0.493 e.